The van der Waals surface area contributed by atoms with Crippen LogP contribution in [-0.4, -0.2) is 30.4 Å². The van der Waals surface area contributed by atoms with Gasteiger partial charge in [-0.2, -0.15) is 0 Å². The molecular weight excluding hydrogens is 124 g/mol. The molecule has 0 aliphatic heterocycles. The van der Waals surface area contributed by atoms with Crippen molar-refractivity contribution in [3.8, 4) is 0 Å². The smallest absolute Gasteiger partial charge is 0.0851 e. The number of rotatable bonds is 2. The molecule has 0 unspecified atom stereocenters. The van der Waals surface area contributed by atoms with Gasteiger partial charge in [0.05, 0.1) is 6.34 Å². The van der Waals surface area contributed by atoms with E-state index >= 15 is 0 Å². The fourth-order valence-electron chi connectivity index (χ4n) is 0.377. The Bertz CT molecular complexity index is 111. The van der Waals surface area contributed by atoms with Crippen LogP contribution >= 0.6 is 0 Å². The molecule has 2 nitrogen and oxygen atoms in total. The van der Waals surface area contributed by atoms with Crippen LogP contribution in [0.2, 0.25) is 0 Å². The molecule has 0 N–H and O–H groups in total. The molecule has 0 fully saturated rings. The minimum atomic E-state index is 0.193. The Morgan fingerprint density at radius 3 is 2.20 bits per heavy atom. The molecule has 0 aliphatic carbocycles. The number of aliphatic imine (C=N–C) groups is 1. The van der Waals surface area contributed by atoms with Crippen LogP contribution in [0.3, 0.4) is 0 Å². The molecular formula is C8H18N2. The molecule has 0 heterocycles. The first kappa shape index (κ1) is 9.47. The Hall–Kier alpha value is -0.530. The van der Waals surface area contributed by atoms with E-state index in [4.69, 9.17) is 0 Å². The van der Waals surface area contributed by atoms with Crippen LogP contribution in [0.5, 0.6) is 0 Å². The molecule has 0 aromatic rings. The summed E-state index contributed by atoms with van der Waals surface area (Å²) < 4.78 is 0. The summed E-state index contributed by atoms with van der Waals surface area (Å²) in [7, 11) is 2.04. The van der Waals surface area contributed by atoms with Crippen molar-refractivity contribution in [2.24, 2.45) is 4.99 Å². The van der Waals surface area contributed by atoms with Gasteiger partial charge >= 0.3 is 0 Å². The number of nitrogens with zero attached hydrogens (tertiary/aromatic N) is 2. The van der Waals surface area contributed by atoms with Crippen molar-refractivity contribution in [1.29, 1.82) is 0 Å². The van der Waals surface area contributed by atoms with E-state index in [0.29, 0.717) is 0 Å². The quantitative estimate of drug-likeness (QED) is 0.424. The lowest BCUT2D eigenvalue weighted by molar-refractivity contribution is 0.289. The lowest BCUT2D eigenvalue weighted by Crippen LogP contribution is -2.36. The van der Waals surface area contributed by atoms with Crippen LogP contribution in [0.4, 0.5) is 0 Å². The molecule has 0 aliphatic rings. The Morgan fingerprint density at radius 1 is 1.40 bits per heavy atom. The number of hydrogen-bond acceptors (Lipinski definition) is 1. The maximum Gasteiger partial charge on any atom is 0.0851 e. The molecule has 0 bridgehead atoms. The number of hydrogen-bond donors (Lipinski definition) is 0. The monoisotopic (exact) mass is 142 g/mol. The van der Waals surface area contributed by atoms with Crippen molar-refractivity contribution in [3.63, 3.8) is 0 Å². The molecule has 60 valence electrons. The van der Waals surface area contributed by atoms with Gasteiger partial charge < -0.3 is 4.90 Å². The van der Waals surface area contributed by atoms with Crippen LogP contribution in [0.25, 0.3) is 0 Å². The summed E-state index contributed by atoms with van der Waals surface area (Å²) in [5.41, 5.74) is 0.193. The third kappa shape index (κ3) is 3.49. The standard InChI is InChI=1S/C8H18N2/c1-6-9-7-10(5)8(2,3)4/h7H,6H2,1-5H3. The van der Waals surface area contributed by atoms with Gasteiger partial charge in [-0.05, 0) is 27.7 Å². The molecule has 2 heteroatoms. The van der Waals surface area contributed by atoms with E-state index in [-0.39, 0.29) is 5.54 Å². The molecule has 0 aromatic carbocycles. The average Bonchev–Trinajstić information content (AvgIpc) is 1.80. The highest BCUT2D eigenvalue weighted by Crippen LogP contribution is 2.06. The van der Waals surface area contributed by atoms with Gasteiger partial charge in [-0.15, -0.1) is 0 Å². The second-order valence-electron chi connectivity index (χ2n) is 3.40. The van der Waals surface area contributed by atoms with Gasteiger partial charge in [-0.1, -0.05) is 0 Å². The highest BCUT2D eigenvalue weighted by atomic mass is 15.2. The summed E-state index contributed by atoms with van der Waals surface area (Å²) in [4.78, 5) is 6.25. The van der Waals surface area contributed by atoms with Crippen LogP contribution in [0.1, 0.15) is 27.7 Å². The normalized spacial score (nSPS) is 12.5. The first-order valence-corrected chi connectivity index (χ1v) is 3.71. The minimum absolute atomic E-state index is 0.193. The third-order valence-electron chi connectivity index (χ3n) is 1.50. The minimum Gasteiger partial charge on any atom is -0.361 e. The van der Waals surface area contributed by atoms with Crippen molar-refractivity contribution in [2.75, 3.05) is 13.6 Å². The molecule has 0 aromatic heterocycles. The predicted molar refractivity (Wildman–Crippen MR) is 46.5 cm³/mol. The zero-order valence-corrected chi connectivity index (χ0v) is 7.68. The third-order valence-corrected chi connectivity index (χ3v) is 1.50. The Balaban J connectivity index is 3.84. The predicted octanol–water partition coefficient (Wildman–Crippen LogP) is 1.76. The van der Waals surface area contributed by atoms with E-state index in [2.05, 4.69) is 30.7 Å². The fourth-order valence-corrected chi connectivity index (χ4v) is 0.377. The van der Waals surface area contributed by atoms with E-state index in [9.17, 15) is 0 Å². The molecule has 0 radical (unpaired) electrons. The summed E-state index contributed by atoms with van der Waals surface area (Å²) in [6.45, 7) is 9.38. The topological polar surface area (TPSA) is 15.6 Å². The zero-order chi connectivity index (χ0) is 8.20. The lowest BCUT2D eigenvalue weighted by Gasteiger charge is -2.29. The first-order chi connectivity index (χ1) is 4.48. The molecule has 0 rings (SSSR count). The second kappa shape index (κ2) is 3.59. The largest absolute Gasteiger partial charge is 0.361 e. The van der Waals surface area contributed by atoms with Gasteiger partial charge in [0.2, 0.25) is 0 Å². The lowest BCUT2D eigenvalue weighted by atomic mass is 10.1. The van der Waals surface area contributed by atoms with E-state index in [1.807, 2.05) is 20.3 Å². The fraction of sp³-hybridized carbons (Fsp3) is 0.875. The van der Waals surface area contributed by atoms with Crippen LogP contribution in [-0.2, 0) is 0 Å². The zero-order valence-electron chi connectivity index (χ0n) is 7.68. The average molecular weight is 142 g/mol. The van der Waals surface area contributed by atoms with Crippen molar-refractivity contribution < 1.29 is 0 Å². The molecule has 0 atom stereocenters. The van der Waals surface area contributed by atoms with Crippen LogP contribution in [0.15, 0.2) is 4.99 Å². The Kier molecular flexibility index (Phi) is 3.40. The highest BCUT2D eigenvalue weighted by molar-refractivity contribution is 5.55. The highest BCUT2D eigenvalue weighted by Gasteiger charge is 2.12. The van der Waals surface area contributed by atoms with Gasteiger partial charge in [0.1, 0.15) is 0 Å². The summed E-state index contributed by atoms with van der Waals surface area (Å²) in [5, 5.41) is 0. The van der Waals surface area contributed by atoms with Gasteiger partial charge in [0.15, 0.2) is 0 Å². The van der Waals surface area contributed by atoms with Gasteiger partial charge in [0.25, 0.3) is 0 Å². The van der Waals surface area contributed by atoms with E-state index in [1.54, 1.807) is 0 Å². The molecule has 0 saturated carbocycles. The van der Waals surface area contributed by atoms with E-state index in [0.717, 1.165) is 6.54 Å². The maximum absolute atomic E-state index is 4.14. The summed E-state index contributed by atoms with van der Waals surface area (Å²) in [6.07, 6.45) is 1.89. The van der Waals surface area contributed by atoms with E-state index in [1.165, 1.54) is 0 Å². The molecule has 0 spiro atoms. The summed E-state index contributed by atoms with van der Waals surface area (Å²) >= 11 is 0. The van der Waals surface area contributed by atoms with Crippen molar-refractivity contribution in [3.05, 3.63) is 0 Å². The first-order valence-electron chi connectivity index (χ1n) is 3.71. The van der Waals surface area contributed by atoms with Crippen molar-refractivity contribution in [1.82, 2.24) is 4.90 Å². The Morgan fingerprint density at radius 2 is 1.90 bits per heavy atom. The molecule has 0 saturated heterocycles. The van der Waals surface area contributed by atoms with Crippen molar-refractivity contribution in [2.45, 2.75) is 33.2 Å². The van der Waals surface area contributed by atoms with Gasteiger partial charge in [-0.25, -0.2) is 0 Å². The Labute approximate surface area is 63.9 Å². The van der Waals surface area contributed by atoms with Crippen molar-refractivity contribution >= 4 is 6.34 Å². The summed E-state index contributed by atoms with van der Waals surface area (Å²) in [5.74, 6) is 0. The SMILES string of the molecule is CCN=CN(C)C(C)(C)C. The molecule has 10 heavy (non-hydrogen) atoms. The van der Waals surface area contributed by atoms with E-state index < -0.39 is 0 Å². The second-order valence-corrected chi connectivity index (χ2v) is 3.40. The molecule has 0 amide bonds. The van der Waals surface area contributed by atoms with Gasteiger partial charge in [-0.3, -0.25) is 4.99 Å². The van der Waals surface area contributed by atoms with Gasteiger partial charge in [0, 0.05) is 19.1 Å². The maximum atomic E-state index is 4.14. The van der Waals surface area contributed by atoms with Crippen LogP contribution < -0.4 is 0 Å². The van der Waals surface area contributed by atoms with Crippen LogP contribution in [0, 0.1) is 0 Å². The summed E-state index contributed by atoms with van der Waals surface area (Å²) in [6, 6.07) is 0.